The normalized spacial score (nSPS) is 10.6. The van der Waals surface area contributed by atoms with Crippen molar-refractivity contribution in [2.45, 2.75) is 6.54 Å². The van der Waals surface area contributed by atoms with Gasteiger partial charge in [0, 0.05) is 22.7 Å². The fraction of sp³-hybridized carbons (Fsp3) is 0.0870. The minimum atomic E-state index is -0.293. The molecule has 4 rings (SSSR count). The molecule has 4 aromatic rings. The summed E-state index contributed by atoms with van der Waals surface area (Å²) < 4.78 is 6.48. The zero-order valence-corrected chi connectivity index (χ0v) is 17.0. The van der Waals surface area contributed by atoms with Crippen LogP contribution in [0.25, 0.3) is 11.4 Å². The van der Waals surface area contributed by atoms with Gasteiger partial charge in [-0.3, -0.25) is 4.79 Å². The van der Waals surface area contributed by atoms with E-state index in [2.05, 4.69) is 15.4 Å². The van der Waals surface area contributed by atoms with Crippen LogP contribution in [0.1, 0.15) is 15.9 Å². The first kappa shape index (κ1) is 19.7. The molecule has 0 saturated heterocycles. The van der Waals surface area contributed by atoms with Gasteiger partial charge in [0.25, 0.3) is 5.91 Å². The van der Waals surface area contributed by atoms with E-state index in [4.69, 9.17) is 16.3 Å². The van der Waals surface area contributed by atoms with Gasteiger partial charge in [0.15, 0.2) is 5.82 Å². The molecule has 1 heterocycles. The van der Waals surface area contributed by atoms with E-state index in [0.29, 0.717) is 28.9 Å². The number of carbonyl (C=O) groups is 1. The predicted molar refractivity (Wildman–Crippen MR) is 117 cm³/mol. The summed E-state index contributed by atoms with van der Waals surface area (Å²) in [6.07, 6.45) is 0. The monoisotopic (exact) mass is 418 g/mol. The first-order chi connectivity index (χ1) is 14.6. The van der Waals surface area contributed by atoms with E-state index in [1.807, 2.05) is 54.6 Å². The number of hydrogen-bond donors (Lipinski definition) is 1. The number of nitrogens with zero attached hydrogens (tertiary/aromatic N) is 3. The molecule has 0 aliphatic heterocycles. The molecule has 0 aliphatic carbocycles. The van der Waals surface area contributed by atoms with Gasteiger partial charge in [0.1, 0.15) is 5.75 Å². The Labute approximate surface area is 179 Å². The average molecular weight is 419 g/mol. The number of hydrogen-bond acceptors (Lipinski definition) is 5. The Morgan fingerprint density at radius 1 is 1.00 bits per heavy atom. The standard InChI is InChI=1S/C23H19ClN4O2/c1-30-20-13-7-16(8-14-20)15-25-23-26-21(17-5-3-2-4-6-17)27-28(23)22(29)18-9-11-19(24)12-10-18/h2-14H,15H2,1H3,(H,25,26,27). The second-order valence-electron chi connectivity index (χ2n) is 6.55. The summed E-state index contributed by atoms with van der Waals surface area (Å²) in [6.45, 7) is 0.477. The van der Waals surface area contributed by atoms with Crippen molar-refractivity contribution in [2.24, 2.45) is 0 Å². The van der Waals surface area contributed by atoms with E-state index >= 15 is 0 Å². The van der Waals surface area contributed by atoms with Gasteiger partial charge in [-0.05, 0) is 42.0 Å². The molecule has 0 saturated carbocycles. The number of methoxy groups -OCH3 is 1. The van der Waals surface area contributed by atoms with Gasteiger partial charge in [-0.1, -0.05) is 54.1 Å². The first-order valence-electron chi connectivity index (χ1n) is 9.33. The molecule has 30 heavy (non-hydrogen) atoms. The Morgan fingerprint density at radius 3 is 2.37 bits per heavy atom. The topological polar surface area (TPSA) is 69.0 Å². The number of nitrogens with one attached hydrogen (secondary N) is 1. The third-order valence-corrected chi connectivity index (χ3v) is 4.78. The summed E-state index contributed by atoms with van der Waals surface area (Å²) in [5.41, 5.74) is 2.31. The number of anilines is 1. The molecule has 150 valence electrons. The fourth-order valence-electron chi connectivity index (χ4n) is 2.92. The first-order valence-corrected chi connectivity index (χ1v) is 9.71. The zero-order chi connectivity index (χ0) is 20.9. The Morgan fingerprint density at radius 2 is 1.70 bits per heavy atom. The fourth-order valence-corrected chi connectivity index (χ4v) is 3.04. The molecule has 0 unspecified atom stereocenters. The molecule has 0 spiro atoms. The van der Waals surface area contributed by atoms with Crippen LogP contribution in [0.15, 0.2) is 78.9 Å². The van der Waals surface area contributed by atoms with Crippen LogP contribution in [0.5, 0.6) is 5.75 Å². The quantitative estimate of drug-likeness (QED) is 0.482. The molecule has 1 N–H and O–H groups in total. The average Bonchev–Trinajstić information content (AvgIpc) is 3.23. The minimum Gasteiger partial charge on any atom is -0.497 e. The lowest BCUT2D eigenvalue weighted by atomic mass is 10.2. The highest BCUT2D eigenvalue weighted by molar-refractivity contribution is 6.30. The summed E-state index contributed by atoms with van der Waals surface area (Å²) in [7, 11) is 1.63. The van der Waals surface area contributed by atoms with E-state index in [1.54, 1.807) is 31.4 Å². The third-order valence-electron chi connectivity index (χ3n) is 4.53. The smallest absolute Gasteiger partial charge is 0.281 e. The van der Waals surface area contributed by atoms with Gasteiger partial charge in [-0.2, -0.15) is 9.67 Å². The molecule has 0 bridgehead atoms. The van der Waals surface area contributed by atoms with Gasteiger partial charge in [-0.15, -0.1) is 5.10 Å². The van der Waals surface area contributed by atoms with Crippen molar-refractivity contribution in [1.29, 1.82) is 0 Å². The summed E-state index contributed by atoms with van der Waals surface area (Å²) in [5, 5.41) is 8.24. The molecule has 0 fully saturated rings. The minimum absolute atomic E-state index is 0.293. The molecule has 0 amide bonds. The summed E-state index contributed by atoms with van der Waals surface area (Å²) in [5.74, 6) is 1.32. The van der Waals surface area contributed by atoms with Crippen molar-refractivity contribution < 1.29 is 9.53 Å². The van der Waals surface area contributed by atoms with Crippen LogP contribution in [0.3, 0.4) is 0 Å². The summed E-state index contributed by atoms with van der Waals surface area (Å²) >= 11 is 5.95. The Bertz CT molecular complexity index is 1140. The van der Waals surface area contributed by atoms with Crippen molar-refractivity contribution in [3.05, 3.63) is 95.0 Å². The number of carbonyl (C=O) groups excluding carboxylic acids is 1. The molecule has 0 atom stereocenters. The van der Waals surface area contributed by atoms with Crippen molar-refractivity contribution in [3.63, 3.8) is 0 Å². The third kappa shape index (κ3) is 4.34. The van der Waals surface area contributed by atoms with Crippen LogP contribution in [0, 0.1) is 0 Å². The lowest BCUT2D eigenvalue weighted by molar-refractivity contribution is 0.0947. The van der Waals surface area contributed by atoms with E-state index < -0.39 is 0 Å². The van der Waals surface area contributed by atoms with Gasteiger partial charge in [0.05, 0.1) is 7.11 Å². The molecule has 6 nitrogen and oxygen atoms in total. The van der Waals surface area contributed by atoms with Gasteiger partial charge < -0.3 is 10.1 Å². The van der Waals surface area contributed by atoms with E-state index in [9.17, 15) is 4.79 Å². The van der Waals surface area contributed by atoms with E-state index in [-0.39, 0.29) is 5.91 Å². The molecule has 1 aromatic heterocycles. The highest BCUT2D eigenvalue weighted by Gasteiger charge is 2.18. The number of ether oxygens (including phenoxy) is 1. The maximum Gasteiger partial charge on any atom is 0.281 e. The molecular weight excluding hydrogens is 400 g/mol. The van der Waals surface area contributed by atoms with Crippen LogP contribution in [-0.2, 0) is 6.54 Å². The highest BCUT2D eigenvalue weighted by atomic mass is 35.5. The number of benzene rings is 3. The molecule has 0 radical (unpaired) electrons. The second kappa shape index (κ2) is 8.80. The van der Waals surface area contributed by atoms with Gasteiger partial charge in [0.2, 0.25) is 5.95 Å². The summed E-state index contributed by atoms with van der Waals surface area (Å²) in [6, 6.07) is 23.9. The lowest BCUT2D eigenvalue weighted by Crippen LogP contribution is -2.17. The second-order valence-corrected chi connectivity index (χ2v) is 6.99. The molecule has 3 aromatic carbocycles. The van der Waals surface area contributed by atoms with Crippen molar-refractivity contribution in [1.82, 2.24) is 14.8 Å². The van der Waals surface area contributed by atoms with E-state index in [1.165, 1.54) is 4.68 Å². The number of aromatic nitrogens is 3. The van der Waals surface area contributed by atoms with Crippen LogP contribution >= 0.6 is 11.6 Å². The maximum absolute atomic E-state index is 13.1. The Kier molecular flexibility index (Phi) is 5.77. The largest absolute Gasteiger partial charge is 0.497 e. The number of rotatable bonds is 6. The van der Waals surface area contributed by atoms with Crippen LogP contribution < -0.4 is 10.1 Å². The maximum atomic E-state index is 13.1. The Balaban J connectivity index is 1.65. The number of halogens is 1. The molecule has 7 heteroatoms. The van der Waals surface area contributed by atoms with Crippen molar-refractivity contribution in [2.75, 3.05) is 12.4 Å². The Hall–Kier alpha value is -3.64. The van der Waals surface area contributed by atoms with Crippen LogP contribution in [0.2, 0.25) is 5.02 Å². The van der Waals surface area contributed by atoms with Crippen LogP contribution in [0.4, 0.5) is 5.95 Å². The molecule has 0 aliphatic rings. The van der Waals surface area contributed by atoms with Crippen molar-refractivity contribution >= 4 is 23.5 Å². The van der Waals surface area contributed by atoms with Gasteiger partial charge >= 0.3 is 0 Å². The van der Waals surface area contributed by atoms with Crippen molar-refractivity contribution in [3.8, 4) is 17.1 Å². The SMILES string of the molecule is COc1ccc(CNc2nc(-c3ccccc3)nn2C(=O)c2ccc(Cl)cc2)cc1. The van der Waals surface area contributed by atoms with Gasteiger partial charge in [-0.25, -0.2) is 0 Å². The predicted octanol–water partition coefficient (Wildman–Crippen LogP) is 4.91. The highest BCUT2D eigenvalue weighted by Crippen LogP contribution is 2.20. The van der Waals surface area contributed by atoms with Crippen LogP contribution in [-0.4, -0.2) is 27.8 Å². The molecular formula is C23H19ClN4O2. The lowest BCUT2D eigenvalue weighted by Gasteiger charge is -2.08. The zero-order valence-electron chi connectivity index (χ0n) is 16.2. The summed E-state index contributed by atoms with van der Waals surface area (Å²) in [4.78, 5) is 17.6. The van der Waals surface area contributed by atoms with E-state index in [0.717, 1.165) is 16.9 Å².